The van der Waals surface area contributed by atoms with Gasteiger partial charge in [-0.05, 0) is 49.9 Å². The molecule has 116 valence electrons. The second-order valence-corrected chi connectivity index (χ2v) is 5.61. The summed E-state index contributed by atoms with van der Waals surface area (Å²) in [6.07, 6.45) is 4.08. The van der Waals surface area contributed by atoms with Crippen LogP contribution in [0.15, 0.2) is 24.4 Å². The lowest BCUT2D eigenvalue weighted by Gasteiger charge is -2.11. The van der Waals surface area contributed by atoms with Crippen LogP contribution in [0.5, 0.6) is 0 Å². The van der Waals surface area contributed by atoms with E-state index in [1.807, 2.05) is 6.07 Å². The Balaban J connectivity index is 1.63. The fourth-order valence-corrected chi connectivity index (χ4v) is 2.42. The maximum Gasteiger partial charge on any atom is 0.244 e. The van der Waals surface area contributed by atoms with Crippen molar-refractivity contribution >= 4 is 17.5 Å². The smallest absolute Gasteiger partial charge is 0.244 e. The number of benzene rings is 1. The van der Waals surface area contributed by atoms with E-state index in [1.165, 1.54) is 11.1 Å². The standard InChI is InChI=1S/C16H21N5O/c1-11-5-6-13(8-12(11)2)19-15-10-18-21-16(20-15)17-9-14-4-3-7-22-14/h5-6,8,10,14H,3-4,7,9H2,1-2H3,(H2,17,19,20,21). The van der Waals surface area contributed by atoms with Gasteiger partial charge < -0.3 is 15.4 Å². The van der Waals surface area contributed by atoms with Crippen molar-refractivity contribution in [1.82, 2.24) is 15.2 Å². The van der Waals surface area contributed by atoms with E-state index in [9.17, 15) is 0 Å². The number of nitrogens with zero attached hydrogens (tertiary/aromatic N) is 3. The lowest BCUT2D eigenvalue weighted by atomic mass is 10.1. The largest absolute Gasteiger partial charge is 0.376 e. The Hall–Kier alpha value is -2.21. The Morgan fingerprint density at radius 3 is 2.95 bits per heavy atom. The van der Waals surface area contributed by atoms with Crippen molar-refractivity contribution in [2.24, 2.45) is 0 Å². The molecule has 0 aliphatic carbocycles. The maximum absolute atomic E-state index is 5.57. The van der Waals surface area contributed by atoms with Gasteiger partial charge in [-0.1, -0.05) is 6.07 Å². The normalized spacial score (nSPS) is 17.5. The van der Waals surface area contributed by atoms with Crippen LogP contribution in [-0.2, 0) is 4.74 Å². The molecule has 0 amide bonds. The Labute approximate surface area is 130 Å². The number of nitrogens with one attached hydrogen (secondary N) is 2. The molecule has 0 spiro atoms. The molecule has 1 saturated heterocycles. The molecule has 1 aliphatic rings. The van der Waals surface area contributed by atoms with E-state index in [2.05, 4.69) is 51.8 Å². The molecule has 6 nitrogen and oxygen atoms in total. The molecular weight excluding hydrogens is 278 g/mol. The molecule has 1 aromatic heterocycles. The molecule has 1 fully saturated rings. The van der Waals surface area contributed by atoms with Gasteiger partial charge in [0.2, 0.25) is 5.95 Å². The van der Waals surface area contributed by atoms with Crippen molar-refractivity contribution in [2.75, 3.05) is 23.8 Å². The minimum absolute atomic E-state index is 0.250. The van der Waals surface area contributed by atoms with Crippen molar-refractivity contribution in [2.45, 2.75) is 32.8 Å². The highest BCUT2D eigenvalue weighted by Crippen LogP contribution is 2.18. The lowest BCUT2D eigenvalue weighted by molar-refractivity contribution is 0.120. The summed E-state index contributed by atoms with van der Waals surface area (Å²) in [6.45, 7) is 5.75. The lowest BCUT2D eigenvalue weighted by Crippen LogP contribution is -2.20. The van der Waals surface area contributed by atoms with Crippen LogP contribution in [0, 0.1) is 13.8 Å². The van der Waals surface area contributed by atoms with Crippen molar-refractivity contribution in [3.05, 3.63) is 35.5 Å². The third kappa shape index (κ3) is 3.71. The second kappa shape index (κ2) is 6.70. The molecule has 1 unspecified atom stereocenters. The molecule has 2 aromatic rings. The second-order valence-electron chi connectivity index (χ2n) is 5.61. The molecule has 2 heterocycles. The number of hydrogen-bond donors (Lipinski definition) is 2. The average Bonchev–Trinajstić information content (AvgIpc) is 3.03. The SMILES string of the molecule is Cc1ccc(Nc2cnnc(NCC3CCCO3)n2)cc1C. The molecule has 2 N–H and O–H groups in total. The Kier molecular flexibility index (Phi) is 4.48. The summed E-state index contributed by atoms with van der Waals surface area (Å²) in [5, 5.41) is 14.4. The third-order valence-electron chi connectivity index (χ3n) is 3.85. The molecular formula is C16H21N5O. The summed E-state index contributed by atoms with van der Waals surface area (Å²) < 4.78 is 5.57. The highest BCUT2D eigenvalue weighted by molar-refractivity contribution is 5.57. The molecule has 1 aromatic carbocycles. The monoisotopic (exact) mass is 299 g/mol. The predicted molar refractivity (Wildman–Crippen MR) is 86.5 cm³/mol. The highest BCUT2D eigenvalue weighted by atomic mass is 16.5. The number of rotatable bonds is 5. The highest BCUT2D eigenvalue weighted by Gasteiger charge is 2.15. The van der Waals surface area contributed by atoms with Gasteiger partial charge in [-0.3, -0.25) is 0 Å². The van der Waals surface area contributed by atoms with Crippen LogP contribution in [0.3, 0.4) is 0 Å². The van der Waals surface area contributed by atoms with Gasteiger partial charge in [-0.2, -0.15) is 10.1 Å². The summed E-state index contributed by atoms with van der Waals surface area (Å²) in [5.74, 6) is 1.19. The molecule has 1 atom stereocenters. The van der Waals surface area contributed by atoms with E-state index in [4.69, 9.17) is 4.74 Å². The van der Waals surface area contributed by atoms with Crippen molar-refractivity contribution < 1.29 is 4.74 Å². The van der Waals surface area contributed by atoms with Crippen molar-refractivity contribution in [3.8, 4) is 0 Å². The first kappa shape index (κ1) is 14.7. The van der Waals surface area contributed by atoms with Gasteiger partial charge >= 0.3 is 0 Å². The van der Waals surface area contributed by atoms with Crippen LogP contribution in [0.2, 0.25) is 0 Å². The zero-order chi connectivity index (χ0) is 15.4. The minimum Gasteiger partial charge on any atom is -0.376 e. The molecule has 3 rings (SSSR count). The average molecular weight is 299 g/mol. The summed E-state index contributed by atoms with van der Waals surface area (Å²) >= 11 is 0. The summed E-state index contributed by atoms with van der Waals surface area (Å²) in [5.41, 5.74) is 3.50. The van der Waals surface area contributed by atoms with Crippen LogP contribution in [-0.4, -0.2) is 34.4 Å². The Morgan fingerprint density at radius 2 is 2.18 bits per heavy atom. The van der Waals surface area contributed by atoms with Gasteiger partial charge in [-0.25, -0.2) is 0 Å². The van der Waals surface area contributed by atoms with Crippen LogP contribution in [0.1, 0.15) is 24.0 Å². The maximum atomic E-state index is 5.57. The van der Waals surface area contributed by atoms with E-state index in [-0.39, 0.29) is 6.10 Å². The number of anilines is 3. The molecule has 22 heavy (non-hydrogen) atoms. The van der Waals surface area contributed by atoms with E-state index in [0.29, 0.717) is 11.8 Å². The van der Waals surface area contributed by atoms with Gasteiger partial charge in [0.15, 0.2) is 5.82 Å². The number of aryl methyl sites for hydroxylation is 2. The molecule has 6 heteroatoms. The van der Waals surface area contributed by atoms with Crippen LogP contribution < -0.4 is 10.6 Å². The van der Waals surface area contributed by atoms with Gasteiger partial charge in [0, 0.05) is 18.8 Å². The quantitative estimate of drug-likeness (QED) is 0.884. The zero-order valence-electron chi connectivity index (χ0n) is 13.0. The van der Waals surface area contributed by atoms with E-state index in [1.54, 1.807) is 6.20 Å². The van der Waals surface area contributed by atoms with Gasteiger partial charge in [-0.15, -0.1) is 5.10 Å². The predicted octanol–water partition coefficient (Wildman–Crippen LogP) is 2.82. The molecule has 0 radical (unpaired) electrons. The minimum atomic E-state index is 0.250. The molecule has 1 aliphatic heterocycles. The summed E-state index contributed by atoms with van der Waals surface area (Å²) in [6, 6.07) is 6.21. The Morgan fingerprint density at radius 1 is 1.27 bits per heavy atom. The molecule has 0 bridgehead atoms. The Bertz CT molecular complexity index is 640. The van der Waals surface area contributed by atoms with E-state index < -0.39 is 0 Å². The number of ether oxygens (including phenoxy) is 1. The van der Waals surface area contributed by atoms with E-state index >= 15 is 0 Å². The number of hydrogen-bond acceptors (Lipinski definition) is 6. The first-order valence-corrected chi connectivity index (χ1v) is 7.60. The first-order chi connectivity index (χ1) is 10.7. The third-order valence-corrected chi connectivity index (χ3v) is 3.85. The first-order valence-electron chi connectivity index (χ1n) is 7.60. The summed E-state index contributed by atoms with van der Waals surface area (Å²) in [4.78, 5) is 4.43. The summed E-state index contributed by atoms with van der Waals surface area (Å²) in [7, 11) is 0. The number of aromatic nitrogens is 3. The fraction of sp³-hybridized carbons (Fsp3) is 0.438. The van der Waals surface area contributed by atoms with Gasteiger partial charge in [0.25, 0.3) is 0 Å². The van der Waals surface area contributed by atoms with Gasteiger partial charge in [0.1, 0.15) is 0 Å². The van der Waals surface area contributed by atoms with Crippen LogP contribution in [0.25, 0.3) is 0 Å². The zero-order valence-corrected chi connectivity index (χ0v) is 13.0. The topological polar surface area (TPSA) is 72.0 Å². The van der Waals surface area contributed by atoms with E-state index in [0.717, 1.165) is 31.7 Å². The molecule has 0 saturated carbocycles. The van der Waals surface area contributed by atoms with Crippen molar-refractivity contribution in [3.63, 3.8) is 0 Å². The fourth-order valence-electron chi connectivity index (χ4n) is 2.42. The van der Waals surface area contributed by atoms with Crippen molar-refractivity contribution in [1.29, 1.82) is 0 Å². The van der Waals surface area contributed by atoms with Crippen LogP contribution >= 0.6 is 0 Å². The van der Waals surface area contributed by atoms with Crippen LogP contribution in [0.4, 0.5) is 17.5 Å². The van der Waals surface area contributed by atoms with Gasteiger partial charge in [0.05, 0.1) is 12.3 Å².